The van der Waals surface area contributed by atoms with E-state index in [4.69, 9.17) is 0 Å². The summed E-state index contributed by atoms with van der Waals surface area (Å²) in [4.78, 5) is 0. The summed E-state index contributed by atoms with van der Waals surface area (Å²) in [7, 11) is 0. The van der Waals surface area contributed by atoms with Crippen LogP contribution in [-0.2, 0) is 56.3 Å². The van der Waals surface area contributed by atoms with Crippen LogP contribution in [0.3, 0.4) is 0 Å². The number of rotatable bonds is 0. The smallest absolute Gasteiger partial charge is 0 e. The molecule has 0 radical (unpaired) electrons. The van der Waals surface area contributed by atoms with E-state index in [-0.39, 0.29) is 61.8 Å². The van der Waals surface area contributed by atoms with Crippen LogP contribution in [-0.4, -0.2) is 5.48 Å². The maximum Gasteiger partial charge on any atom is 0 e. The second kappa shape index (κ2) is 21.9. The van der Waals surface area contributed by atoms with E-state index in [1.165, 1.54) is 0 Å². The Bertz CT molecular complexity index is 6.00. The van der Waals surface area contributed by atoms with Gasteiger partial charge < -0.3 is 5.48 Å². The molecule has 4 heavy (non-hydrogen) atoms. The van der Waals surface area contributed by atoms with Crippen molar-refractivity contribution in [3.63, 3.8) is 0 Å². The summed E-state index contributed by atoms with van der Waals surface area (Å²) in [6.07, 6.45) is 0. The van der Waals surface area contributed by atoms with Gasteiger partial charge in [-0.1, -0.05) is 0 Å². The molecule has 0 atom stereocenters. The van der Waals surface area contributed by atoms with Crippen molar-refractivity contribution in [1.29, 1.82) is 0 Å². The van der Waals surface area contributed by atoms with Crippen LogP contribution >= 0.6 is 0 Å². The Hall–Kier alpha value is 1.74. The first kappa shape index (κ1) is 42.6. The molecule has 0 saturated heterocycles. The summed E-state index contributed by atoms with van der Waals surface area (Å²) < 4.78 is 0. The van der Waals surface area contributed by atoms with Crippen LogP contribution in [0.1, 0.15) is 0 Å². The van der Waals surface area contributed by atoms with Crippen LogP contribution in [0.4, 0.5) is 0 Å². The maximum atomic E-state index is 0. The van der Waals surface area contributed by atoms with E-state index in [2.05, 4.69) is 0 Å². The van der Waals surface area contributed by atoms with Crippen LogP contribution in [0.2, 0.25) is 0 Å². The standard InChI is InChI=1S/Cr.H2O.2Zn/h;1H2;;. The zero-order valence-corrected chi connectivity index (χ0v) is 9.53. The summed E-state index contributed by atoms with van der Waals surface area (Å²) in [6.45, 7) is 0. The van der Waals surface area contributed by atoms with Crippen molar-refractivity contribution in [2.24, 2.45) is 0 Å². The molecule has 0 heterocycles. The predicted octanol–water partition coefficient (Wildman–Crippen LogP) is -0.832. The minimum absolute atomic E-state index is 0. The van der Waals surface area contributed by atoms with Crippen molar-refractivity contribution in [2.75, 3.05) is 0 Å². The quantitative estimate of drug-likeness (QED) is 0.458. The predicted molar refractivity (Wildman–Crippen MR) is 3.61 cm³/mol. The van der Waals surface area contributed by atoms with Crippen molar-refractivity contribution in [3.05, 3.63) is 0 Å². The van der Waals surface area contributed by atoms with E-state index in [0.717, 1.165) is 0 Å². The fourth-order valence-electron chi connectivity index (χ4n) is 0. The van der Waals surface area contributed by atoms with Crippen LogP contribution < -0.4 is 0 Å². The first-order valence-corrected chi connectivity index (χ1v) is 0. The van der Waals surface area contributed by atoms with Gasteiger partial charge in [-0.25, -0.2) is 0 Å². The second-order valence-electron chi connectivity index (χ2n) is 0. The Morgan fingerprint density at radius 3 is 0.750 bits per heavy atom. The molecule has 0 aromatic carbocycles. The van der Waals surface area contributed by atoms with Crippen LogP contribution in [0, 0.1) is 0 Å². The summed E-state index contributed by atoms with van der Waals surface area (Å²) in [5, 5.41) is 0. The normalized spacial score (nSPS) is 0. The third-order valence-electron chi connectivity index (χ3n) is 0. The molecule has 0 spiro atoms. The molecule has 0 aromatic heterocycles. The molecule has 0 fully saturated rings. The van der Waals surface area contributed by atoms with Crippen LogP contribution in [0.25, 0.3) is 0 Å². The average molecular weight is 201 g/mol. The van der Waals surface area contributed by atoms with E-state index < -0.39 is 0 Å². The van der Waals surface area contributed by atoms with E-state index in [1.54, 1.807) is 0 Å². The Balaban J connectivity index is 0. The minimum atomic E-state index is 0. The molecular weight excluding hydrogens is 199 g/mol. The molecule has 0 bridgehead atoms. The zero-order chi connectivity index (χ0) is 0. The topological polar surface area (TPSA) is 31.5 Å². The van der Waals surface area contributed by atoms with Gasteiger partial charge in [0.1, 0.15) is 0 Å². The first-order valence-electron chi connectivity index (χ1n) is 0. The Labute approximate surface area is 61.5 Å². The van der Waals surface area contributed by atoms with E-state index in [1.807, 2.05) is 0 Å². The van der Waals surface area contributed by atoms with Gasteiger partial charge in [0.15, 0.2) is 0 Å². The van der Waals surface area contributed by atoms with E-state index in [9.17, 15) is 0 Å². The zero-order valence-electron chi connectivity index (χ0n) is 2.32. The number of hydrogen-bond donors (Lipinski definition) is 0. The average Bonchev–Trinajstić information content (AvgIpc) is 0. The molecule has 0 aliphatic rings. The van der Waals surface area contributed by atoms with Crippen molar-refractivity contribution in [1.82, 2.24) is 0 Å². The largest absolute Gasteiger partial charge is 0.412 e. The van der Waals surface area contributed by atoms with Gasteiger partial charge in [-0.3, -0.25) is 0 Å². The molecule has 4 heteroatoms. The summed E-state index contributed by atoms with van der Waals surface area (Å²) >= 11 is 0. The molecule has 0 saturated carbocycles. The van der Waals surface area contributed by atoms with Gasteiger partial charge in [0.05, 0.1) is 0 Å². The Kier molecular flexibility index (Phi) is 233. The van der Waals surface area contributed by atoms with Gasteiger partial charge in [-0.15, -0.1) is 0 Å². The molecule has 2 N–H and O–H groups in total. The van der Waals surface area contributed by atoms with Crippen molar-refractivity contribution >= 4 is 0 Å². The van der Waals surface area contributed by atoms with Gasteiger partial charge in [0, 0.05) is 56.3 Å². The van der Waals surface area contributed by atoms with E-state index in [0.29, 0.717) is 0 Å². The third kappa shape index (κ3) is 9.28. The monoisotopic (exact) mass is 198 g/mol. The fraction of sp³-hybridized carbons (Fsp3) is 0. The summed E-state index contributed by atoms with van der Waals surface area (Å²) in [5.74, 6) is 0. The van der Waals surface area contributed by atoms with Crippen molar-refractivity contribution < 1.29 is 61.8 Å². The van der Waals surface area contributed by atoms with Crippen LogP contribution in [0.5, 0.6) is 0 Å². The van der Waals surface area contributed by atoms with Gasteiger partial charge in [-0.2, -0.15) is 0 Å². The van der Waals surface area contributed by atoms with Gasteiger partial charge in [0.25, 0.3) is 0 Å². The van der Waals surface area contributed by atoms with Gasteiger partial charge >= 0.3 is 0 Å². The third-order valence-corrected chi connectivity index (χ3v) is 0. The molecule has 0 amide bonds. The van der Waals surface area contributed by atoms with Gasteiger partial charge in [0.2, 0.25) is 0 Å². The molecule has 0 aliphatic carbocycles. The van der Waals surface area contributed by atoms with Crippen LogP contribution in [0.15, 0.2) is 0 Å². The second-order valence-corrected chi connectivity index (χ2v) is 0. The van der Waals surface area contributed by atoms with E-state index >= 15 is 0 Å². The molecule has 18 valence electrons. The first-order chi connectivity index (χ1) is 0. The SMILES string of the molecule is O.[Cr].[Zn].[Zn]. The summed E-state index contributed by atoms with van der Waals surface area (Å²) in [6, 6.07) is 0. The van der Waals surface area contributed by atoms with Crippen molar-refractivity contribution in [2.45, 2.75) is 0 Å². The minimum Gasteiger partial charge on any atom is -0.412 e. The van der Waals surface area contributed by atoms with Gasteiger partial charge in [-0.05, 0) is 0 Å². The molecule has 0 unspecified atom stereocenters. The summed E-state index contributed by atoms with van der Waals surface area (Å²) in [5.41, 5.74) is 0. The molecule has 0 aromatic rings. The number of hydrogen-bond acceptors (Lipinski definition) is 0. The van der Waals surface area contributed by atoms with Crippen molar-refractivity contribution in [3.8, 4) is 0 Å². The molecule has 1 nitrogen and oxygen atoms in total. The Morgan fingerprint density at radius 1 is 0.750 bits per heavy atom. The molecule has 0 aliphatic heterocycles. The fourth-order valence-corrected chi connectivity index (χ4v) is 0. The molecule has 0 rings (SSSR count). The molecular formula is H2CrOZn2. The maximum absolute atomic E-state index is 0. The Morgan fingerprint density at radius 2 is 0.750 bits per heavy atom.